The highest BCUT2D eigenvalue weighted by Gasteiger charge is 2.17. The highest BCUT2D eigenvalue weighted by atomic mass is 32.2. The summed E-state index contributed by atoms with van der Waals surface area (Å²) < 4.78 is 33.0. The van der Waals surface area contributed by atoms with Gasteiger partial charge >= 0.3 is 0 Å². The molecule has 0 saturated heterocycles. The third-order valence-corrected chi connectivity index (χ3v) is 6.27. The molecule has 148 valence electrons. The van der Waals surface area contributed by atoms with Gasteiger partial charge in [0.1, 0.15) is 5.75 Å². The van der Waals surface area contributed by atoms with Gasteiger partial charge in [0.05, 0.1) is 12.0 Å². The lowest BCUT2D eigenvalue weighted by Crippen LogP contribution is -2.26. The molecule has 0 saturated carbocycles. The summed E-state index contributed by atoms with van der Waals surface area (Å²) in [6.07, 6.45) is 2.92. The summed E-state index contributed by atoms with van der Waals surface area (Å²) in [5.74, 6) is 1.77. The summed E-state index contributed by atoms with van der Waals surface area (Å²) in [6.45, 7) is 6.79. The van der Waals surface area contributed by atoms with Gasteiger partial charge in [0.2, 0.25) is 10.0 Å². The number of sulfonamides is 1. The van der Waals surface area contributed by atoms with Gasteiger partial charge in [-0.1, -0.05) is 50.1 Å². The predicted molar refractivity (Wildman–Crippen MR) is 111 cm³/mol. The zero-order chi connectivity index (χ0) is 19.9. The van der Waals surface area contributed by atoms with Gasteiger partial charge in [0.15, 0.2) is 0 Å². The molecule has 0 amide bonds. The van der Waals surface area contributed by atoms with Crippen LogP contribution in [0.2, 0.25) is 0 Å². The SMILES string of the molecule is COc1ccc(C(CCNS(=O)(=O)c2ccc(C)cc2)CCC(C)C)cc1. The Morgan fingerprint density at radius 3 is 2.11 bits per heavy atom. The molecule has 0 spiro atoms. The van der Waals surface area contributed by atoms with Gasteiger partial charge in [-0.25, -0.2) is 13.1 Å². The van der Waals surface area contributed by atoms with E-state index in [1.165, 1.54) is 5.56 Å². The Balaban J connectivity index is 2.02. The monoisotopic (exact) mass is 389 g/mol. The van der Waals surface area contributed by atoms with E-state index in [-0.39, 0.29) is 0 Å². The average molecular weight is 390 g/mol. The molecule has 0 aromatic heterocycles. The quantitative estimate of drug-likeness (QED) is 0.629. The zero-order valence-electron chi connectivity index (χ0n) is 16.7. The topological polar surface area (TPSA) is 55.4 Å². The smallest absolute Gasteiger partial charge is 0.240 e. The predicted octanol–water partition coefficient (Wildman–Crippen LogP) is 4.89. The fourth-order valence-corrected chi connectivity index (χ4v) is 4.10. The van der Waals surface area contributed by atoms with E-state index in [0.29, 0.717) is 23.3 Å². The number of rotatable bonds is 10. The van der Waals surface area contributed by atoms with Crippen molar-refractivity contribution in [3.05, 3.63) is 59.7 Å². The second-order valence-corrected chi connectivity index (χ2v) is 9.21. The van der Waals surface area contributed by atoms with E-state index >= 15 is 0 Å². The fourth-order valence-electron chi connectivity index (χ4n) is 3.06. The van der Waals surface area contributed by atoms with E-state index in [9.17, 15) is 8.42 Å². The van der Waals surface area contributed by atoms with Crippen molar-refractivity contribution in [3.8, 4) is 5.75 Å². The van der Waals surface area contributed by atoms with Crippen LogP contribution in [0.15, 0.2) is 53.4 Å². The minimum Gasteiger partial charge on any atom is -0.497 e. The van der Waals surface area contributed by atoms with E-state index < -0.39 is 10.0 Å². The van der Waals surface area contributed by atoms with E-state index in [4.69, 9.17) is 4.74 Å². The van der Waals surface area contributed by atoms with Crippen LogP contribution in [0.4, 0.5) is 0 Å². The van der Waals surface area contributed by atoms with Crippen LogP contribution in [0.25, 0.3) is 0 Å². The Morgan fingerprint density at radius 2 is 1.56 bits per heavy atom. The molecule has 0 aliphatic heterocycles. The molecule has 0 heterocycles. The Labute approximate surface area is 164 Å². The third kappa shape index (κ3) is 6.67. The number of hydrogen-bond acceptors (Lipinski definition) is 3. The van der Waals surface area contributed by atoms with Crippen LogP contribution in [-0.4, -0.2) is 22.1 Å². The maximum atomic E-state index is 12.5. The van der Waals surface area contributed by atoms with E-state index in [1.807, 2.05) is 31.2 Å². The van der Waals surface area contributed by atoms with Gasteiger partial charge in [-0.3, -0.25) is 0 Å². The number of aryl methyl sites for hydroxylation is 1. The van der Waals surface area contributed by atoms with Crippen LogP contribution in [0.5, 0.6) is 5.75 Å². The average Bonchev–Trinajstić information content (AvgIpc) is 2.64. The first-order valence-electron chi connectivity index (χ1n) is 9.52. The lowest BCUT2D eigenvalue weighted by molar-refractivity contribution is 0.414. The van der Waals surface area contributed by atoms with Crippen molar-refractivity contribution in [2.45, 2.75) is 50.8 Å². The van der Waals surface area contributed by atoms with Crippen molar-refractivity contribution in [1.82, 2.24) is 4.72 Å². The summed E-state index contributed by atoms with van der Waals surface area (Å²) >= 11 is 0. The van der Waals surface area contributed by atoms with E-state index in [0.717, 1.165) is 30.6 Å². The fraction of sp³-hybridized carbons (Fsp3) is 0.455. The van der Waals surface area contributed by atoms with Crippen molar-refractivity contribution in [2.24, 2.45) is 5.92 Å². The number of methoxy groups -OCH3 is 1. The van der Waals surface area contributed by atoms with Crippen LogP contribution in [-0.2, 0) is 10.0 Å². The summed E-state index contributed by atoms with van der Waals surface area (Å²) in [4.78, 5) is 0.316. The maximum absolute atomic E-state index is 12.5. The number of nitrogens with one attached hydrogen (secondary N) is 1. The minimum absolute atomic E-state index is 0.316. The molecule has 0 aliphatic carbocycles. The van der Waals surface area contributed by atoms with Crippen molar-refractivity contribution < 1.29 is 13.2 Å². The molecule has 27 heavy (non-hydrogen) atoms. The van der Waals surface area contributed by atoms with Gasteiger partial charge in [0.25, 0.3) is 0 Å². The molecular weight excluding hydrogens is 358 g/mol. The zero-order valence-corrected chi connectivity index (χ0v) is 17.6. The highest BCUT2D eigenvalue weighted by molar-refractivity contribution is 7.89. The molecule has 0 aliphatic rings. The molecule has 0 fully saturated rings. The van der Waals surface area contributed by atoms with Crippen molar-refractivity contribution in [3.63, 3.8) is 0 Å². The summed E-state index contributed by atoms with van der Waals surface area (Å²) in [5.41, 5.74) is 2.27. The molecule has 0 radical (unpaired) electrons. The van der Waals surface area contributed by atoms with Crippen LogP contribution in [0, 0.1) is 12.8 Å². The van der Waals surface area contributed by atoms with E-state index in [2.05, 4.69) is 30.7 Å². The third-order valence-electron chi connectivity index (χ3n) is 4.80. The molecule has 2 aromatic carbocycles. The van der Waals surface area contributed by atoms with Gasteiger partial charge in [-0.05, 0) is 61.4 Å². The molecule has 0 bridgehead atoms. The largest absolute Gasteiger partial charge is 0.497 e. The summed E-state index contributed by atoms with van der Waals surface area (Å²) in [7, 11) is -1.81. The Hall–Kier alpha value is -1.85. The molecular formula is C22H31NO3S. The Bertz CT molecular complexity index is 796. The van der Waals surface area contributed by atoms with Gasteiger partial charge in [0, 0.05) is 6.54 Å². The normalized spacial score (nSPS) is 12.9. The lowest BCUT2D eigenvalue weighted by atomic mass is 9.89. The molecule has 5 heteroatoms. The summed E-state index contributed by atoms with van der Waals surface area (Å²) in [5, 5.41) is 0. The molecule has 1 atom stereocenters. The standard InChI is InChI=1S/C22H31NO3S/c1-17(2)5-8-20(19-9-11-21(26-4)12-10-19)15-16-23-27(24,25)22-13-6-18(3)7-14-22/h6-7,9-14,17,20,23H,5,8,15-16H2,1-4H3. The van der Waals surface area contributed by atoms with Crippen molar-refractivity contribution >= 4 is 10.0 Å². The Morgan fingerprint density at radius 1 is 0.926 bits per heavy atom. The second-order valence-electron chi connectivity index (χ2n) is 7.44. The minimum atomic E-state index is -3.47. The Kier molecular flexibility index (Phi) is 7.87. The van der Waals surface area contributed by atoms with Crippen LogP contribution < -0.4 is 9.46 Å². The number of benzene rings is 2. The van der Waals surface area contributed by atoms with Crippen molar-refractivity contribution in [1.29, 1.82) is 0 Å². The second kappa shape index (κ2) is 9.90. The van der Waals surface area contributed by atoms with Gasteiger partial charge < -0.3 is 4.74 Å². The van der Waals surface area contributed by atoms with Crippen LogP contribution >= 0.6 is 0 Å². The number of ether oxygens (including phenoxy) is 1. The number of hydrogen-bond donors (Lipinski definition) is 1. The molecule has 2 aromatic rings. The summed E-state index contributed by atoms with van der Waals surface area (Å²) in [6, 6.07) is 15.0. The molecule has 2 rings (SSSR count). The molecule has 1 unspecified atom stereocenters. The van der Waals surface area contributed by atoms with Gasteiger partial charge in [-0.15, -0.1) is 0 Å². The van der Waals surface area contributed by atoms with E-state index in [1.54, 1.807) is 19.2 Å². The molecule has 4 nitrogen and oxygen atoms in total. The highest BCUT2D eigenvalue weighted by Crippen LogP contribution is 2.28. The first-order chi connectivity index (χ1) is 12.8. The maximum Gasteiger partial charge on any atom is 0.240 e. The van der Waals surface area contributed by atoms with Crippen molar-refractivity contribution in [2.75, 3.05) is 13.7 Å². The lowest BCUT2D eigenvalue weighted by Gasteiger charge is -2.19. The van der Waals surface area contributed by atoms with Gasteiger partial charge in [-0.2, -0.15) is 0 Å². The first kappa shape index (κ1) is 21.5. The first-order valence-corrected chi connectivity index (χ1v) is 11.0. The van der Waals surface area contributed by atoms with Crippen LogP contribution in [0.3, 0.4) is 0 Å². The van der Waals surface area contributed by atoms with Crippen LogP contribution in [0.1, 0.15) is 50.2 Å². The molecule has 1 N–H and O–H groups in total.